The van der Waals surface area contributed by atoms with Crippen LogP contribution in [0.4, 0.5) is 0 Å². The van der Waals surface area contributed by atoms with Gasteiger partial charge in [-0.05, 0) is 43.2 Å². The van der Waals surface area contributed by atoms with Gasteiger partial charge >= 0.3 is 0 Å². The molecule has 0 spiro atoms. The number of sulfone groups is 1. The van der Waals surface area contributed by atoms with Gasteiger partial charge in [-0.3, -0.25) is 4.79 Å². The lowest BCUT2D eigenvalue weighted by Gasteiger charge is -2.18. The van der Waals surface area contributed by atoms with Gasteiger partial charge in [0, 0.05) is 18.5 Å². The third kappa shape index (κ3) is 6.65. The van der Waals surface area contributed by atoms with Crippen molar-refractivity contribution in [2.45, 2.75) is 37.8 Å². The fourth-order valence-electron chi connectivity index (χ4n) is 3.57. The molecule has 0 amide bonds. The Bertz CT molecular complexity index is 1670. The highest BCUT2D eigenvalue weighted by molar-refractivity contribution is 7.91. The Labute approximate surface area is 217 Å². The Balaban J connectivity index is 1.65. The lowest BCUT2D eigenvalue weighted by atomic mass is 10.1. The SMILES string of the molecule is CC(C)(O)Cn1ccc(-c2ccc3sc(C(c4nnc(CNN[SH](=O)=O)o4)S(C)(=O)=O)nc3c2)cc1=O. The number of thiazole rings is 1. The first-order chi connectivity index (χ1) is 17.3. The molecular weight excluding hydrogens is 544 g/mol. The van der Waals surface area contributed by atoms with Crippen molar-refractivity contribution in [1.29, 1.82) is 0 Å². The summed E-state index contributed by atoms with van der Waals surface area (Å²) < 4.78 is 54.1. The Morgan fingerprint density at radius 3 is 2.57 bits per heavy atom. The van der Waals surface area contributed by atoms with E-state index in [2.05, 4.69) is 20.6 Å². The Morgan fingerprint density at radius 2 is 1.92 bits per heavy atom. The highest BCUT2D eigenvalue weighted by Crippen LogP contribution is 2.36. The topological polar surface area (TPSA) is 186 Å². The van der Waals surface area contributed by atoms with E-state index < -0.39 is 31.6 Å². The lowest BCUT2D eigenvalue weighted by molar-refractivity contribution is 0.0604. The normalized spacial score (nSPS) is 13.4. The molecule has 16 heteroatoms. The zero-order valence-electron chi connectivity index (χ0n) is 19.9. The quantitative estimate of drug-likeness (QED) is 0.154. The molecule has 3 heterocycles. The molecule has 0 saturated carbocycles. The third-order valence-electron chi connectivity index (χ3n) is 5.06. The Hall–Kier alpha value is -3.02. The summed E-state index contributed by atoms with van der Waals surface area (Å²) in [6.07, 6.45) is 2.64. The molecule has 1 atom stereocenters. The van der Waals surface area contributed by atoms with E-state index in [0.717, 1.165) is 17.6 Å². The highest BCUT2D eigenvalue weighted by atomic mass is 32.2. The molecule has 0 saturated heterocycles. The average Bonchev–Trinajstić information content (AvgIpc) is 3.39. The minimum absolute atomic E-state index is 0.0179. The first-order valence-electron chi connectivity index (χ1n) is 10.8. The number of nitrogens with one attached hydrogen (secondary N) is 2. The number of hydrogen-bond acceptors (Lipinski definition) is 12. The summed E-state index contributed by atoms with van der Waals surface area (Å²) in [6, 6.07) is 8.56. The summed E-state index contributed by atoms with van der Waals surface area (Å²) in [4.78, 5) is 19.0. The van der Waals surface area contributed by atoms with E-state index in [1.165, 1.54) is 10.6 Å². The van der Waals surface area contributed by atoms with Gasteiger partial charge in [-0.2, -0.15) is 4.83 Å². The number of pyridine rings is 1. The van der Waals surface area contributed by atoms with E-state index in [1.807, 2.05) is 4.83 Å². The number of benzene rings is 1. The van der Waals surface area contributed by atoms with Gasteiger partial charge in [0.05, 0.1) is 28.9 Å². The summed E-state index contributed by atoms with van der Waals surface area (Å²) in [5.74, 6) is -0.212. The molecule has 37 heavy (non-hydrogen) atoms. The summed E-state index contributed by atoms with van der Waals surface area (Å²) in [5, 5.41) is 16.5. The van der Waals surface area contributed by atoms with Crippen molar-refractivity contribution >= 4 is 42.3 Å². The number of nitrogens with zero attached hydrogens (tertiary/aromatic N) is 4. The fourth-order valence-corrected chi connectivity index (χ4v) is 6.25. The number of thiol groups is 1. The van der Waals surface area contributed by atoms with Crippen LogP contribution < -0.4 is 15.8 Å². The standard InChI is InChI=1S/C21H24N6O7S3/c1-21(2,29)11-27-7-6-13(9-17(27)28)12-4-5-15-14(8-12)23-20(35-15)18(37(3,32)33)19-25-24-16(34-19)10-22-26-36(30)31/h4-9,18,22,29,36H,10-11H2,1-3H3,(H,26,30,31). The van der Waals surface area contributed by atoms with Crippen LogP contribution in [0.3, 0.4) is 0 Å². The van der Waals surface area contributed by atoms with Crippen LogP contribution in [0, 0.1) is 0 Å². The number of aliphatic hydroxyl groups is 1. The molecule has 1 aromatic carbocycles. The van der Waals surface area contributed by atoms with Crippen LogP contribution in [0.2, 0.25) is 0 Å². The first-order valence-corrected chi connectivity index (χ1v) is 14.7. The summed E-state index contributed by atoms with van der Waals surface area (Å²) >= 11 is 1.15. The van der Waals surface area contributed by atoms with Gasteiger partial charge in [-0.25, -0.2) is 27.2 Å². The average molecular weight is 569 g/mol. The predicted octanol–water partition coefficient (Wildman–Crippen LogP) is 0.534. The minimum Gasteiger partial charge on any atom is -0.422 e. The Kier molecular flexibility index (Phi) is 7.59. The number of hydrazine groups is 1. The molecule has 13 nitrogen and oxygen atoms in total. The Morgan fingerprint density at radius 1 is 1.19 bits per heavy atom. The molecule has 3 aromatic heterocycles. The second kappa shape index (κ2) is 10.4. The van der Waals surface area contributed by atoms with Crippen molar-refractivity contribution in [3.63, 3.8) is 0 Å². The summed E-state index contributed by atoms with van der Waals surface area (Å²) in [7, 11) is -6.65. The summed E-state index contributed by atoms with van der Waals surface area (Å²) in [5.41, 5.74) is 2.93. The van der Waals surface area contributed by atoms with Crippen LogP contribution in [-0.2, 0) is 33.8 Å². The third-order valence-corrected chi connectivity index (χ3v) is 7.93. The maximum absolute atomic E-state index is 12.7. The van der Waals surface area contributed by atoms with Crippen LogP contribution in [0.1, 0.15) is 35.9 Å². The van der Waals surface area contributed by atoms with E-state index >= 15 is 0 Å². The largest absolute Gasteiger partial charge is 0.422 e. The van der Waals surface area contributed by atoms with Gasteiger partial charge in [0.15, 0.2) is 15.1 Å². The van der Waals surface area contributed by atoms with Crippen LogP contribution >= 0.6 is 11.3 Å². The maximum Gasteiger partial charge on any atom is 0.251 e. The van der Waals surface area contributed by atoms with Gasteiger partial charge in [0.1, 0.15) is 5.01 Å². The fraction of sp³-hybridized carbons (Fsp3) is 0.333. The molecule has 0 aliphatic heterocycles. The second-order valence-corrected chi connectivity index (χ2v) is 12.8. The monoisotopic (exact) mass is 568 g/mol. The van der Waals surface area contributed by atoms with Gasteiger partial charge in [0.25, 0.3) is 5.56 Å². The first kappa shape index (κ1) is 27.0. The van der Waals surface area contributed by atoms with E-state index in [1.54, 1.807) is 44.3 Å². The molecule has 198 valence electrons. The number of aromatic nitrogens is 4. The van der Waals surface area contributed by atoms with Crippen molar-refractivity contribution in [1.82, 2.24) is 30.0 Å². The van der Waals surface area contributed by atoms with Crippen molar-refractivity contribution in [2.75, 3.05) is 6.26 Å². The molecular formula is C21H24N6O7S3. The molecule has 0 fully saturated rings. The highest BCUT2D eigenvalue weighted by Gasteiger charge is 2.34. The zero-order valence-corrected chi connectivity index (χ0v) is 22.4. The van der Waals surface area contributed by atoms with E-state index in [4.69, 9.17) is 4.42 Å². The summed E-state index contributed by atoms with van der Waals surface area (Å²) in [6.45, 7) is 3.24. The van der Waals surface area contributed by atoms with Crippen molar-refractivity contribution in [2.24, 2.45) is 0 Å². The van der Waals surface area contributed by atoms with Crippen molar-refractivity contribution in [3.05, 3.63) is 63.7 Å². The molecule has 0 bridgehead atoms. The van der Waals surface area contributed by atoms with Gasteiger partial charge < -0.3 is 14.1 Å². The molecule has 4 aromatic rings. The van der Waals surface area contributed by atoms with E-state index in [-0.39, 0.29) is 35.4 Å². The van der Waals surface area contributed by atoms with Crippen LogP contribution in [0.15, 0.2) is 45.7 Å². The molecule has 1 unspecified atom stereocenters. The minimum atomic E-state index is -3.77. The van der Waals surface area contributed by atoms with Crippen LogP contribution in [0.5, 0.6) is 0 Å². The van der Waals surface area contributed by atoms with Crippen LogP contribution in [-0.4, -0.2) is 53.5 Å². The lowest BCUT2D eigenvalue weighted by Crippen LogP contribution is -2.32. The number of rotatable bonds is 10. The van der Waals surface area contributed by atoms with Crippen molar-refractivity contribution in [3.8, 4) is 11.1 Å². The smallest absolute Gasteiger partial charge is 0.251 e. The van der Waals surface area contributed by atoms with Crippen molar-refractivity contribution < 1.29 is 26.4 Å². The molecule has 0 radical (unpaired) electrons. The van der Waals surface area contributed by atoms with E-state index in [9.17, 15) is 26.7 Å². The number of fused-ring (bicyclic) bond motifs is 1. The molecule has 3 N–H and O–H groups in total. The van der Waals surface area contributed by atoms with Gasteiger partial charge in [-0.15, -0.1) is 21.5 Å². The van der Waals surface area contributed by atoms with Gasteiger partial charge in [0.2, 0.25) is 22.7 Å². The van der Waals surface area contributed by atoms with Gasteiger partial charge in [-0.1, -0.05) is 6.07 Å². The number of hydrogen-bond donors (Lipinski definition) is 4. The molecule has 4 rings (SSSR count). The predicted molar refractivity (Wildman–Crippen MR) is 137 cm³/mol. The van der Waals surface area contributed by atoms with E-state index in [0.29, 0.717) is 21.3 Å². The molecule has 0 aliphatic carbocycles. The second-order valence-electron chi connectivity index (χ2n) is 8.89. The maximum atomic E-state index is 12.7. The zero-order chi connectivity index (χ0) is 27.0. The molecule has 0 aliphatic rings. The van der Waals surface area contributed by atoms with Crippen LogP contribution in [0.25, 0.3) is 21.3 Å².